The summed E-state index contributed by atoms with van der Waals surface area (Å²) < 4.78 is 5.32. The van der Waals surface area contributed by atoms with Crippen molar-refractivity contribution < 1.29 is 9.84 Å². The Balaban J connectivity index is 2.63. The molecule has 1 aliphatic rings. The number of benzene rings is 1. The summed E-state index contributed by atoms with van der Waals surface area (Å²) in [5, 5.41) is 10.6. The van der Waals surface area contributed by atoms with Crippen molar-refractivity contribution >= 4 is 11.6 Å². The molecule has 0 fully saturated rings. The maximum Gasteiger partial charge on any atom is 0.122 e. The van der Waals surface area contributed by atoms with Crippen LogP contribution in [-0.2, 0) is 0 Å². The second-order valence-corrected chi connectivity index (χ2v) is 4.48. The van der Waals surface area contributed by atoms with E-state index in [-0.39, 0.29) is 0 Å². The molecule has 0 amide bonds. The van der Waals surface area contributed by atoms with Gasteiger partial charge in [0.2, 0.25) is 0 Å². The van der Waals surface area contributed by atoms with Gasteiger partial charge in [0.25, 0.3) is 0 Å². The molecular weight excluding hydrogens is 212 g/mol. The Kier molecular flexibility index (Phi) is 2.89. The Morgan fingerprint density at radius 3 is 2.73 bits per heavy atom. The van der Waals surface area contributed by atoms with Crippen LogP contribution in [0.5, 0.6) is 5.75 Å². The van der Waals surface area contributed by atoms with Gasteiger partial charge in [-0.25, -0.2) is 0 Å². The minimum absolute atomic E-state index is 0.400. The number of aliphatic hydroxyl groups excluding tert-OH is 1. The molecule has 0 bridgehead atoms. The molecule has 2 rings (SSSR count). The Hall–Kier alpha value is -0.730. The van der Waals surface area contributed by atoms with Crippen molar-refractivity contribution in [3.05, 3.63) is 28.3 Å². The highest BCUT2D eigenvalue weighted by Gasteiger charge is 2.28. The Labute approximate surface area is 94.8 Å². The minimum Gasteiger partial charge on any atom is -0.496 e. The lowest BCUT2D eigenvalue weighted by Gasteiger charge is -2.29. The highest BCUT2D eigenvalue weighted by molar-refractivity contribution is 6.31. The molecule has 1 aromatic carbocycles. The monoisotopic (exact) mass is 226 g/mol. The predicted octanol–water partition coefficient (Wildman–Crippen LogP) is 3.28. The number of aliphatic hydroxyl groups is 1. The molecule has 3 heteroatoms. The zero-order valence-corrected chi connectivity index (χ0v) is 9.71. The summed E-state index contributed by atoms with van der Waals surface area (Å²) >= 11 is 6.12. The number of halogens is 1. The summed E-state index contributed by atoms with van der Waals surface area (Å²) in [7, 11) is 1.65. The van der Waals surface area contributed by atoms with E-state index in [1.807, 2.05) is 6.07 Å². The third-order valence-corrected chi connectivity index (χ3v) is 3.44. The summed E-state index contributed by atoms with van der Waals surface area (Å²) in [5.41, 5.74) is 1.93. The van der Waals surface area contributed by atoms with Gasteiger partial charge in [0.05, 0.1) is 13.2 Å². The molecule has 2 nitrogen and oxygen atoms in total. The van der Waals surface area contributed by atoms with E-state index in [1.54, 1.807) is 13.2 Å². The molecule has 0 radical (unpaired) electrons. The van der Waals surface area contributed by atoms with Gasteiger partial charge in [-0.05, 0) is 30.9 Å². The molecule has 0 spiro atoms. The van der Waals surface area contributed by atoms with Gasteiger partial charge in [0.15, 0.2) is 0 Å². The molecule has 1 N–H and O–H groups in total. The van der Waals surface area contributed by atoms with Gasteiger partial charge in [-0.1, -0.05) is 18.5 Å². The summed E-state index contributed by atoms with van der Waals surface area (Å²) in [6.07, 6.45) is 1.31. The second kappa shape index (κ2) is 4.03. The normalized spacial score (nSPS) is 24.8. The first-order valence-corrected chi connectivity index (χ1v) is 5.57. The van der Waals surface area contributed by atoms with Crippen molar-refractivity contribution in [1.82, 2.24) is 0 Å². The Morgan fingerprint density at radius 2 is 2.07 bits per heavy atom. The predicted molar refractivity (Wildman–Crippen MR) is 60.6 cm³/mol. The lowest BCUT2D eigenvalue weighted by Crippen LogP contribution is -2.14. The Bertz CT molecular complexity index is 376. The fraction of sp³-hybridized carbons (Fsp3) is 0.500. The molecule has 1 aromatic rings. The van der Waals surface area contributed by atoms with E-state index >= 15 is 0 Å². The number of hydrogen-bond acceptors (Lipinski definition) is 2. The molecule has 0 aromatic heterocycles. The first-order valence-electron chi connectivity index (χ1n) is 5.19. The average Bonchev–Trinajstić information content (AvgIpc) is 2.23. The summed E-state index contributed by atoms with van der Waals surface area (Å²) in [4.78, 5) is 0. The van der Waals surface area contributed by atoms with E-state index in [4.69, 9.17) is 16.3 Å². The smallest absolute Gasteiger partial charge is 0.122 e. The second-order valence-electron chi connectivity index (χ2n) is 4.07. The summed E-state index contributed by atoms with van der Waals surface area (Å²) in [6, 6.07) is 3.66. The number of hydrogen-bond donors (Lipinski definition) is 1. The maximum absolute atomic E-state index is 9.94. The number of methoxy groups -OCH3 is 1. The minimum atomic E-state index is -0.446. The zero-order valence-electron chi connectivity index (χ0n) is 8.96. The van der Waals surface area contributed by atoms with Crippen molar-refractivity contribution in [3.8, 4) is 5.75 Å². The van der Waals surface area contributed by atoms with Gasteiger partial charge in [-0.2, -0.15) is 0 Å². The fourth-order valence-corrected chi connectivity index (χ4v) is 2.60. The molecule has 0 saturated carbocycles. The van der Waals surface area contributed by atoms with E-state index in [9.17, 15) is 5.11 Å². The lowest BCUT2D eigenvalue weighted by molar-refractivity contribution is 0.150. The number of rotatable bonds is 1. The quantitative estimate of drug-likeness (QED) is 0.797. The topological polar surface area (TPSA) is 29.5 Å². The molecule has 2 atom stereocenters. The molecule has 1 unspecified atom stereocenters. The molecule has 82 valence electrons. The first kappa shape index (κ1) is 10.8. The molecule has 15 heavy (non-hydrogen) atoms. The largest absolute Gasteiger partial charge is 0.496 e. The SMILES string of the molecule is COc1ccc(Cl)c2c1C(C)CC[C@@H]2O. The van der Waals surface area contributed by atoms with Crippen molar-refractivity contribution in [1.29, 1.82) is 0 Å². The van der Waals surface area contributed by atoms with Gasteiger partial charge in [-0.15, -0.1) is 0 Å². The van der Waals surface area contributed by atoms with Crippen LogP contribution in [0.3, 0.4) is 0 Å². The highest BCUT2D eigenvalue weighted by atomic mass is 35.5. The van der Waals surface area contributed by atoms with Crippen LogP contribution in [0.4, 0.5) is 0 Å². The molecule has 0 heterocycles. The third-order valence-electron chi connectivity index (χ3n) is 3.11. The first-order chi connectivity index (χ1) is 7.15. The van der Waals surface area contributed by atoms with Crippen molar-refractivity contribution in [3.63, 3.8) is 0 Å². The van der Waals surface area contributed by atoms with Crippen LogP contribution >= 0.6 is 11.6 Å². The van der Waals surface area contributed by atoms with Gasteiger partial charge in [0, 0.05) is 16.1 Å². The average molecular weight is 227 g/mol. The third kappa shape index (κ3) is 1.72. The van der Waals surface area contributed by atoms with Crippen LogP contribution in [0.25, 0.3) is 0 Å². The van der Waals surface area contributed by atoms with Crippen molar-refractivity contribution in [2.24, 2.45) is 0 Å². The van der Waals surface area contributed by atoms with Gasteiger partial charge in [0.1, 0.15) is 5.75 Å². The van der Waals surface area contributed by atoms with E-state index < -0.39 is 6.10 Å². The van der Waals surface area contributed by atoms with E-state index in [0.717, 1.165) is 29.7 Å². The summed E-state index contributed by atoms with van der Waals surface area (Å²) in [5.74, 6) is 1.23. The van der Waals surface area contributed by atoms with Crippen molar-refractivity contribution in [2.45, 2.75) is 31.8 Å². The van der Waals surface area contributed by atoms with Gasteiger partial charge >= 0.3 is 0 Å². The van der Waals surface area contributed by atoms with E-state index in [2.05, 4.69) is 6.92 Å². The zero-order chi connectivity index (χ0) is 11.0. The van der Waals surface area contributed by atoms with Crippen LogP contribution in [0.2, 0.25) is 5.02 Å². The number of ether oxygens (including phenoxy) is 1. The van der Waals surface area contributed by atoms with Crippen LogP contribution in [0.1, 0.15) is 42.9 Å². The lowest BCUT2D eigenvalue weighted by atomic mass is 9.81. The van der Waals surface area contributed by atoms with Crippen LogP contribution in [-0.4, -0.2) is 12.2 Å². The number of fused-ring (bicyclic) bond motifs is 1. The Morgan fingerprint density at radius 1 is 1.33 bits per heavy atom. The van der Waals surface area contributed by atoms with Crippen LogP contribution < -0.4 is 4.74 Å². The van der Waals surface area contributed by atoms with Gasteiger partial charge in [-0.3, -0.25) is 0 Å². The van der Waals surface area contributed by atoms with E-state index in [0.29, 0.717) is 10.9 Å². The molecule has 0 aliphatic heterocycles. The molecular formula is C12H15ClO2. The highest BCUT2D eigenvalue weighted by Crippen LogP contribution is 2.45. The maximum atomic E-state index is 9.94. The van der Waals surface area contributed by atoms with Crippen LogP contribution in [0.15, 0.2) is 12.1 Å². The van der Waals surface area contributed by atoms with Crippen LogP contribution in [0, 0.1) is 0 Å². The summed E-state index contributed by atoms with van der Waals surface area (Å²) in [6.45, 7) is 2.14. The standard InChI is InChI=1S/C12H15ClO2/c1-7-3-5-9(14)12-8(13)4-6-10(15-2)11(7)12/h4,6-7,9,14H,3,5H2,1-2H3/t7?,9-/m0/s1. The fourth-order valence-electron chi connectivity index (χ4n) is 2.31. The van der Waals surface area contributed by atoms with Gasteiger partial charge < -0.3 is 9.84 Å². The molecule has 0 saturated heterocycles. The van der Waals surface area contributed by atoms with Crippen molar-refractivity contribution in [2.75, 3.05) is 7.11 Å². The molecule has 1 aliphatic carbocycles. The van der Waals surface area contributed by atoms with E-state index in [1.165, 1.54) is 0 Å².